The Kier molecular flexibility index (Phi) is 3.16. The number of aromatic carboxylic acids is 1. The van der Waals surface area contributed by atoms with Crippen molar-refractivity contribution in [1.82, 2.24) is 4.57 Å². The molecule has 3 aromatic rings. The summed E-state index contributed by atoms with van der Waals surface area (Å²) < 4.78 is 3.93. The van der Waals surface area contributed by atoms with Crippen LogP contribution in [0.3, 0.4) is 0 Å². The Bertz CT molecular complexity index is 760. The summed E-state index contributed by atoms with van der Waals surface area (Å²) in [6, 6.07) is 9.85. The van der Waals surface area contributed by atoms with Crippen LogP contribution in [0.1, 0.15) is 15.9 Å². The fraction of sp³-hybridized carbons (Fsp3) is 0.0714. The van der Waals surface area contributed by atoms with Crippen molar-refractivity contribution in [3.8, 4) is 0 Å². The highest BCUT2D eigenvalue weighted by Crippen LogP contribution is 2.27. The van der Waals surface area contributed by atoms with E-state index in [1.807, 2.05) is 16.7 Å². The van der Waals surface area contributed by atoms with Crippen molar-refractivity contribution in [1.29, 1.82) is 0 Å². The molecule has 5 heteroatoms. The summed E-state index contributed by atoms with van der Waals surface area (Å²) in [5.41, 5.74) is 1.50. The van der Waals surface area contributed by atoms with Gasteiger partial charge >= 0.3 is 5.97 Å². The van der Waals surface area contributed by atoms with Crippen LogP contribution in [-0.2, 0) is 6.54 Å². The predicted molar refractivity (Wildman–Crippen MR) is 80.0 cm³/mol. The lowest BCUT2D eigenvalue weighted by Gasteiger charge is -2.03. The highest BCUT2D eigenvalue weighted by molar-refractivity contribution is 9.10. The van der Waals surface area contributed by atoms with Crippen molar-refractivity contribution in [3.05, 3.63) is 57.6 Å². The van der Waals surface area contributed by atoms with Gasteiger partial charge in [0, 0.05) is 17.4 Å². The number of rotatable bonds is 3. The molecule has 0 bridgehead atoms. The predicted octanol–water partition coefficient (Wildman–Crippen LogP) is 4.21. The van der Waals surface area contributed by atoms with E-state index in [2.05, 4.69) is 33.4 Å². The molecular weight excluding hydrogens is 326 g/mol. The maximum absolute atomic E-state index is 10.9. The van der Waals surface area contributed by atoms with Gasteiger partial charge in [-0.1, -0.05) is 18.2 Å². The van der Waals surface area contributed by atoms with Crippen LogP contribution >= 0.6 is 27.3 Å². The second kappa shape index (κ2) is 4.83. The minimum Gasteiger partial charge on any atom is -0.478 e. The third-order valence-corrected chi connectivity index (χ3v) is 4.69. The summed E-state index contributed by atoms with van der Waals surface area (Å²) in [5, 5.41) is 12.3. The Hall–Kier alpha value is -1.59. The molecule has 96 valence electrons. The van der Waals surface area contributed by atoms with Gasteiger partial charge in [-0.2, -0.15) is 0 Å². The van der Waals surface area contributed by atoms with E-state index in [1.165, 1.54) is 15.6 Å². The Balaban J connectivity index is 1.99. The highest BCUT2D eigenvalue weighted by Gasteiger charge is 2.11. The van der Waals surface area contributed by atoms with Gasteiger partial charge in [0.05, 0.1) is 10.2 Å². The lowest BCUT2D eigenvalue weighted by atomic mass is 10.2. The van der Waals surface area contributed by atoms with Crippen molar-refractivity contribution in [2.75, 3.05) is 0 Å². The number of carbonyl (C=O) groups is 1. The Morgan fingerprint density at radius 2 is 2.16 bits per heavy atom. The van der Waals surface area contributed by atoms with Crippen LogP contribution in [0.2, 0.25) is 0 Å². The average molecular weight is 336 g/mol. The summed E-state index contributed by atoms with van der Waals surface area (Å²) in [4.78, 5) is 10.9. The minimum absolute atomic E-state index is 0.298. The van der Waals surface area contributed by atoms with Crippen molar-refractivity contribution in [2.45, 2.75) is 6.54 Å². The first-order valence-corrected chi connectivity index (χ1v) is 7.36. The van der Waals surface area contributed by atoms with Crippen LogP contribution in [0.25, 0.3) is 10.1 Å². The van der Waals surface area contributed by atoms with Crippen LogP contribution < -0.4 is 0 Å². The Labute approximate surface area is 122 Å². The van der Waals surface area contributed by atoms with Gasteiger partial charge < -0.3 is 9.67 Å². The molecule has 0 saturated carbocycles. The third kappa shape index (κ3) is 2.31. The summed E-state index contributed by atoms with van der Waals surface area (Å²) in [6.45, 7) is 0.665. The number of fused-ring (bicyclic) bond motifs is 1. The largest absolute Gasteiger partial charge is 0.478 e. The number of carboxylic acid groups (broad SMARTS) is 1. The standard InChI is InChI=1S/C14H10BrNO2S/c15-13-5-9(14(17)18)6-16(13)7-10-8-19-12-4-2-1-3-11(10)12/h1-6,8H,7H2,(H,17,18). The lowest BCUT2D eigenvalue weighted by molar-refractivity contribution is 0.0697. The molecule has 1 N–H and O–H groups in total. The molecule has 0 atom stereocenters. The number of thiophene rings is 1. The fourth-order valence-corrected chi connectivity index (χ4v) is 3.48. The quantitative estimate of drug-likeness (QED) is 0.778. The monoisotopic (exact) mass is 335 g/mol. The zero-order valence-electron chi connectivity index (χ0n) is 9.84. The molecule has 2 heterocycles. The molecule has 19 heavy (non-hydrogen) atoms. The van der Waals surface area contributed by atoms with Crippen molar-refractivity contribution >= 4 is 43.3 Å². The molecule has 0 aliphatic rings. The van der Waals surface area contributed by atoms with Gasteiger partial charge in [0.2, 0.25) is 0 Å². The van der Waals surface area contributed by atoms with E-state index in [1.54, 1.807) is 23.6 Å². The SMILES string of the molecule is O=C(O)c1cc(Br)n(Cc2csc3ccccc23)c1. The van der Waals surface area contributed by atoms with Crippen molar-refractivity contribution in [3.63, 3.8) is 0 Å². The number of nitrogens with zero attached hydrogens (tertiary/aromatic N) is 1. The molecule has 0 spiro atoms. The molecule has 0 saturated heterocycles. The number of hydrogen-bond acceptors (Lipinski definition) is 2. The van der Waals surface area contributed by atoms with E-state index in [0.29, 0.717) is 12.1 Å². The number of benzene rings is 1. The van der Waals surface area contributed by atoms with Crippen molar-refractivity contribution in [2.24, 2.45) is 0 Å². The molecule has 0 fully saturated rings. The molecular formula is C14H10BrNO2S. The molecule has 0 aliphatic carbocycles. The zero-order valence-corrected chi connectivity index (χ0v) is 12.2. The van der Waals surface area contributed by atoms with E-state index in [-0.39, 0.29) is 0 Å². The average Bonchev–Trinajstić information content (AvgIpc) is 2.96. The summed E-state index contributed by atoms with van der Waals surface area (Å²) in [5.74, 6) is -0.908. The topological polar surface area (TPSA) is 42.2 Å². The summed E-state index contributed by atoms with van der Waals surface area (Å²) >= 11 is 5.11. The van der Waals surface area contributed by atoms with Gasteiger partial charge in [0.15, 0.2) is 0 Å². The van der Waals surface area contributed by atoms with Gasteiger partial charge in [-0.15, -0.1) is 11.3 Å². The summed E-state index contributed by atoms with van der Waals surface area (Å²) in [6.07, 6.45) is 1.65. The maximum atomic E-state index is 10.9. The van der Waals surface area contributed by atoms with Gasteiger partial charge in [-0.25, -0.2) is 4.79 Å². The van der Waals surface area contributed by atoms with E-state index in [0.717, 1.165) is 4.60 Å². The van der Waals surface area contributed by atoms with Crippen LogP contribution in [0.5, 0.6) is 0 Å². The second-order valence-electron chi connectivity index (χ2n) is 4.24. The molecule has 1 aromatic carbocycles. The molecule has 0 aliphatic heterocycles. The van der Waals surface area contributed by atoms with E-state index < -0.39 is 5.97 Å². The van der Waals surface area contributed by atoms with E-state index >= 15 is 0 Å². The first kappa shape index (κ1) is 12.4. The van der Waals surface area contributed by atoms with Crippen LogP contribution in [0, 0.1) is 0 Å². The maximum Gasteiger partial charge on any atom is 0.337 e. The summed E-state index contributed by atoms with van der Waals surface area (Å²) in [7, 11) is 0. The number of carboxylic acids is 1. The van der Waals surface area contributed by atoms with Gasteiger partial charge in [-0.3, -0.25) is 0 Å². The molecule has 0 amide bonds. The van der Waals surface area contributed by atoms with Crippen molar-refractivity contribution < 1.29 is 9.90 Å². The Morgan fingerprint density at radius 3 is 2.89 bits per heavy atom. The molecule has 3 nitrogen and oxygen atoms in total. The first-order chi connectivity index (χ1) is 9.15. The second-order valence-corrected chi connectivity index (χ2v) is 5.97. The Morgan fingerprint density at radius 1 is 1.37 bits per heavy atom. The molecule has 0 radical (unpaired) electrons. The number of aromatic nitrogens is 1. The van der Waals surface area contributed by atoms with Gasteiger partial charge in [0.1, 0.15) is 0 Å². The zero-order chi connectivity index (χ0) is 13.4. The van der Waals surface area contributed by atoms with E-state index in [9.17, 15) is 4.79 Å². The smallest absolute Gasteiger partial charge is 0.337 e. The number of hydrogen-bond donors (Lipinski definition) is 1. The molecule has 3 rings (SSSR count). The minimum atomic E-state index is -0.908. The number of halogens is 1. The van der Waals surface area contributed by atoms with Crippen LogP contribution in [-0.4, -0.2) is 15.6 Å². The van der Waals surface area contributed by atoms with Crippen LogP contribution in [0.15, 0.2) is 46.5 Å². The first-order valence-electron chi connectivity index (χ1n) is 5.69. The normalized spacial score (nSPS) is 11.0. The van der Waals surface area contributed by atoms with Gasteiger partial charge in [-0.05, 0) is 44.4 Å². The third-order valence-electron chi connectivity index (χ3n) is 2.99. The van der Waals surface area contributed by atoms with Gasteiger partial charge in [0.25, 0.3) is 0 Å². The van der Waals surface area contributed by atoms with E-state index in [4.69, 9.17) is 5.11 Å². The highest BCUT2D eigenvalue weighted by atomic mass is 79.9. The lowest BCUT2D eigenvalue weighted by Crippen LogP contribution is -1.98. The molecule has 2 aromatic heterocycles. The van der Waals surface area contributed by atoms with Crippen LogP contribution in [0.4, 0.5) is 0 Å². The molecule has 0 unspecified atom stereocenters. The fourth-order valence-electron chi connectivity index (χ4n) is 2.05.